The van der Waals surface area contributed by atoms with Gasteiger partial charge in [-0.05, 0) is 18.2 Å². The molecule has 0 unspecified atom stereocenters. The first-order valence-corrected chi connectivity index (χ1v) is 7.09. The van der Waals surface area contributed by atoms with Crippen molar-refractivity contribution >= 4 is 39.7 Å². The standard InChI is InChI=1S/C12H11ClN4O2S/c1-14-12-16-15-10(20-12)5-17-8-4-7(13)2-3-9(8)19-6-11(17)18/h2-4H,5-6H2,1H3,(H,14,16). The molecular formula is C12H11ClN4O2S. The van der Waals surface area contributed by atoms with Crippen LogP contribution in [0.1, 0.15) is 5.01 Å². The molecule has 0 saturated carbocycles. The van der Waals surface area contributed by atoms with Crippen LogP contribution < -0.4 is 15.0 Å². The van der Waals surface area contributed by atoms with E-state index >= 15 is 0 Å². The van der Waals surface area contributed by atoms with Crippen LogP contribution in [-0.4, -0.2) is 29.8 Å². The van der Waals surface area contributed by atoms with Crippen molar-refractivity contribution < 1.29 is 9.53 Å². The van der Waals surface area contributed by atoms with E-state index in [0.717, 1.165) is 5.01 Å². The Balaban J connectivity index is 1.92. The molecule has 0 atom stereocenters. The van der Waals surface area contributed by atoms with E-state index in [-0.39, 0.29) is 12.5 Å². The summed E-state index contributed by atoms with van der Waals surface area (Å²) in [5, 5.41) is 12.9. The highest BCUT2D eigenvalue weighted by atomic mass is 35.5. The quantitative estimate of drug-likeness (QED) is 0.941. The summed E-state index contributed by atoms with van der Waals surface area (Å²) in [6.07, 6.45) is 0. The molecule has 1 aromatic carbocycles. The van der Waals surface area contributed by atoms with E-state index in [1.54, 1.807) is 30.1 Å². The highest BCUT2D eigenvalue weighted by molar-refractivity contribution is 7.15. The van der Waals surface area contributed by atoms with Gasteiger partial charge in [0.2, 0.25) is 5.13 Å². The molecule has 2 aromatic rings. The van der Waals surface area contributed by atoms with Crippen LogP contribution in [0.5, 0.6) is 5.75 Å². The first-order chi connectivity index (χ1) is 9.67. The molecule has 0 radical (unpaired) electrons. The number of amides is 1. The topological polar surface area (TPSA) is 67.4 Å². The molecule has 3 rings (SSSR count). The summed E-state index contributed by atoms with van der Waals surface area (Å²) in [6, 6.07) is 5.21. The molecular weight excluding hydrogens is 300 g/mol. The number of halogens is 1. The van der Waals surface area contributed by atoms with Crippen LogP contribution in [0.4, 0.5) is 10.8 Å². The second kappa shape index (κ2) is 5.26. The zero-order valence-corrected chi connectivity index (χ0v) is 12.2. The van der Waals surface area contributed by atoms with E-state index in [1.165, 1.54) is 11.3 Å². The minimum atomic E-state index is -0.124. The Kier molecular flexibility index (Phi) is 3.45. The molecule has 0 bridgehead atoms. The Morgan fingerprint density at radius 1 is 1.50 bits per heavy atom. The van der Waals surface area contributed by atoms with Gasteiger partial charge in [0.1, 0.15) is 10.8 Å². The Morgan fingerprint density at radius 3 is 3.10 bits per heavy atom. The molecule has 1 amide bonds. The number of ether oxygens (including phenoxy) is 1. The van der Waals surface area contributed by atoms with Gasteiger partial charge in [0, 0.05) is 12.1 Å². The smallest absolute Gasteiger partial charge is 0.265 e. The fourth-order valence-corrected chi connectivity index (χ4v) is 2.75. The zero-order chi connectivity index (χ0) is 14.1. The summed E-state index contributed by atoms with van der Waals surface area (Å²) < 4.78 is 5.39. The fourth-order valence-electron chi connectivity index (χ4n) is 1.90. The van der Waals surface area contributed by atoms with Crippen LogP contribution in [0.2, 0.25) is 5.02 Å². The Hall–Kier alpha value is -1.86. The molecule has 1 aliphatic heterocycles. The van der Waals surface area contributed by atoms with E-state index in [0.29, 0.717) is 28.1 Å². The van der Waals surface area contributed by atoms with E-state index in [1.807, 2.05) is 0 Å². The van der Waals surface area contributed by atoms with E-state index in [2.05, 4.69) is 15.5 Å². The predicted molar refractivity (Wildman–Crippen MR) is 77.6 cm³/mol. The molecule has 20 heavy (non-hydrogen) atoms. The minimum absolute atomic E-state index is 0.0202. The summed E-state index contributed by atoms with van der Waals surface area (Å²) in [7, 11) is 1.78. The van der Waals surface area contributed by atoms with E-state index < -0.39 is 0 Å². The minimum Gasteiger partial charge on any atom is -0.482 e. The third kappa shape index (κ3) is 2.41. The number of hydrogen-bond acceptors (Lipinski definition) is 6. The summed E-state index contributed by atoms with van der Waals surface area (Å²) in [5.41, 5.74) is 0.662. The maximum Gasteiger partial charge on any atom is 0.265 e. The number of carbonyl (C=O) groups is 1. The number of carbonyl (C=O) groups excluding carboxylic acids is 1. The molecule has 1 aliphatic rings. The van der Waals surface area contributed by atoms with Crippen molar-refractivity contribution in [2.75, 3.05) is 23.9 Å². The van der Waals surface area contributed by atoms with Crippen molar-refractivity contribution in [1.29, 1.82) is 0 Å². The van der Waals surface area contributed by atoms with Gasteiger partial charge in [-0.15, -0.1) is 10.2 Å². The van der Waals surface area contributed by atoms with Gasteiger partial charge in [0.05, 0.1) is 12.2 Å². The van der Waals surface area contributed by atoms with Crippen molar-refractivity contribution in [3.8, 4) is 5.75 Å². The van der Waals surface area contributed by atoms with Crippen molar-refractivity contribution in [3.63, 3.8) is 0 Å². The number of benzene rings is 1. The molecule has 0 saturated heterocycles. The van der Waals surface area contributed by atoms with Gasteiger partial charge in [-0.25, -0.2) is 0 Å². The SMILES string of the molecule is CNc1nnc(CN2C(=O)COc3ccc(Cl)cc32)s1. The Bertz CT molecular complexity index is 661. The molecule has 104 valence electrons. The van der Waals surface area contributed by atoms with Gasteiger partial charge in [-0.3, -0.25) is 9.69 Å². The van der Waals surface area contributed by atoms with Crippen molar-refractivity contribution in [1.82, 2.24) is 10.2 Å². The number of nitrogens with one attached hydrogen (secondary N) is 1. The van der Waals surface area contributed by atoms with Crippen molar-refractivity contribution in [3.05, 3.63) is 28.2 Å². The number of nitrogens with zero attached hydrogens (tertiary/aromatic N) is 3. The van der Waals surface area contributed by atoms with Gasteiger partial charge < -0.3 is 10.1 Å². The first kappa shape index (κ1) is 13.1. The number of rotatable bonds is 3. The number of anilines is 2. The van der Waals surface area contributed by atoms with Gasteiger partial charge >= 0.3 is 0 Å². The van der Waals surface area contributed by atoms with Crippen molar-refractivity contribution in [2.24, 2.45) is 0 Å². The van der Waals surface area contributed by atoms with Crippen LogP contribution in [0.25, 0.3) is 0 Å². The molecule has 2 heterocycles. The Morgan fingerprint density at radius 2 is 2.35 bits per heavy atom. The largest absolute Gasteiger partial charge is 0.482 e. The highest BCUT2D eigenvalue weighted by Gasteiger charge is 2.26. The monoisotopic (exact) mass is 310 g/mol. The first-order valence-electron chi connectivity index (χ1n) is 5.90. The lowest BCUT2D eigenvalue weighted by atomic mass is 10.2. The number of aromatic nitrogens is 2. The lowest BCUT2D eigenvalue weighted by molar-refractivity contribution is -0.121. The maximum atomic E-state index is 12.0. The average Bonchev–Trinajstić information content (AvgIpc) is 2.90. The molecule has 0 fully saturated rings. The third-order valence-electron chi connectivity index (χ3n) is 2.84. The van der Waals surface area contributed by atoms with Crippen LogP contribution in [0, 0.1) is 0 Å². The molecule has 8 heteroatoms. The van der Waals surface area contributed by atoms with E-state index in [4.69, 9.17) is 16.3 Å². The van der Waals surface area contributed by atoms with Crippen LogP contribution in [-0.2, 0) is 11.3 Å². The van der Waals surface area contributed by atoms with Crippen LogP contribution in [0.15, 0.2) is 18.2 Å². The number of fused-ring (bicyclic) bond motifs is 1. The highest BCUT2D eigenvalue weighted by Crippen LogP contribution is 2.35. The van der Waals surface area contributed by atoms with Crippen LogP contribution >= 0.6 is 22.9 Å². The lowest BCUT2D eigenvalue weighted by Crippen LogP contribution is -2.38. The van der Waals surface area contributed by atoms with Gasteiger partial charge in [-0.1, -0.05) is 22.9 Å². The molecule has 1 aromatic heterocycles. The summed E-state index contributed by atoms with van der Waals surface area (Å²) in [5.74, 6) is 0.522. The summed E-state index contributed by atoms with van der Waals surface area (Å²) in [4.78, 5) is 13.7. The van der Waals surface area contributed by atoms with Crippen molar-refractivity contribution in [2.45, 2.75) is 6.54 Å². The Labute approximate surface area is 124 Å². The molecule has 1 N–H and O–H groups in total. The normalized spacial score (nSPS) is 13.9. The fraction of sp³-hybridized carbons (Fsp3) is 0.250. The molecule has 6 nitrogen and oxygen atoms in total. The second-order valence-corrected chi connectivity index (χ2v) is 5.63. The summed E-state index contributed by atoms with van der Waals surface area (Å²) >= 11 is 7.40. The maximum absolute atomic E-state index is 12.0. The summed E-state index contributed by atoms with van der Waals surface area (Å²) in [6.45, 7) is 0.376. The van der Waals surface area contributed by atoms with Gasteiger partial charge in [0.25, 0.3) is 5.91 Å². The molecule has 0 aliphatic carbocycles. The third-order valence-corrected chi connectivity index (χ3v) is 4.00. The second-order valence-electron chi connectivity index (χ2n) is 4.13. The molecule has 0 spiro atoms. The van der Waals surface area contributed by atoms with Gasteiger partial charge in [0.15, 0.2) is 6.61 Å². The lowest BCUT2D eigenvalue weighted by Gasteiger charge is -2.28. The predicted octanol–water partition coefficient (Wildman–Crippen LogP) is 2.16. The zero-order valence-electron chi connectivity index (χ0n) is 10.6. The average molecular weight is 311 g/mol. The number of hydrogen-bond donors (Lipinski definition) is 1. The van der Waals surface area contributed by atoms with Crippen LogP contribution in [0.3, 0.4) is 0 Å². The van der Waals surface area contributed by atoms with E-state index in [9.17, 15) is 4.79 Å². The van der Waals surface area contributed by atoms with Gasteiger partial charge in [-0.2, -0.15) is 0 Å².